The van der Waals surface area contributed by atoms with Crippen LogP contribution in [0.1, 0.15) is 5.56 Å². The van der Waals surface area contributed by atoms with Gasteiger partial charge in [-0.05, 0) is 34.2 Å². The zero-order valence-electron chi connectivity index (χ0n) is 6.49. The third-order valence-electron chi connectivity index (χ3n) is 1.22. The summed E-state index contributed by atoms with van der Waals surface area (Å²) >= 11 is 2.07. The third-order valence-corrected chi connectivity index (χ3v) is 2.71. The van der Waals surface area contributed by atoms with Crippen molar-refractivity contribution in [2.45, 2.75) is 5.75 Å². The van der Waals surface area contributed by atoms with Crippen LogP contribution < -0.4 is 0 Å². The van der Waals surface area contributed by atoms with Gasteiger partial charge in [0.25, 0.3) is 0 Å². The highest BCUT2D eigenvalue weighted by Crippen LogP contribution is 2.05. The molecule has 0 spiro atoms. The SMILES string of the molecule is CS(=O)(=O)Cc1ccc(I)nc1. The van der Waals surface area contributed by atoms with E-state index in [2.05, 4.69) is 27.6 Å². The second kappa shape index (κ2) is 3.69. The molecule has 0 radical (unpaired) electrons. The number of halogens is 1. The van der Waals surface area contributed by atoms with Crippen LogP contribution in [-0.4, -0.2) is 19.7 Å². The molecule has 0 saturated carbocycles. The lowest BCUT2D eigenvalue weighted by Crippen LogP contribution is -2.00. The summed E-state index contributed by atoms with van der Waals surface area (Å²) < 4.78 is 22.6. The van der Waals surface area contributed by atoms with E-state index in [-0.39, 0.29) is 5.75 Å². The number of hydrogen-bond donors (Lipinski definition) is 0. The van der Waals surface area contributed by atoms with Crippen LogP contribution in [0.5, 0.6) is 0 Å². The molecule has 1 rings (SSSR count). The Morgan fingerprint density at radius 3 is 2.58 bits per heavy atom. The second-order valence-corrected chi connectivity index (χ2v) is 5.80. The fourth-order valence-corrected chi connectivity index (χ4v) is 1.89. The molecule has 0 atom stereocenters. The number of pyridine rings is 1. The topological polar surface area (TPSA) is 47.0 Å². The maximum absolute atomic E-state index is 10.9. The van der Waals surface area contributed by atoms with Gasteiger partial charge in [-0.15, -0.1) is 0 Å². The zero-order chi connectivity index (χ0) is 9.19. The minimum Gasteiger partial charge on any atom is -0.250 e. The van der Waals surface area contributed by atoms with Crippen molar-refractivity contribution in [3.8, 4) is 0 Å². The van der Waals surface area contributed by atoms with Gasteiger partial charge in [-0.25, -0.2) is 8.42 Å². The van der Waals surface area contributed by atoms with Crippen LogP contribution in [0, 0.1) is 3.70 Å². The van der Waals surface area contributed by atoms with Gasteiger partial charge in [0.15, 0.2) is 9.84 Å². The van der Waals surface area contributed by atoms with Crippen LogP contribution in [0.3, 0.4) is 0 Å². The largest absolute Gasteiger partial charge is 0.250 e. The van der Waals surface area contributed by atoms with Gasteiger partial charge in [-0.1, -0.05) is 6.07 Å². The average Bonchev–Trinajstić information content (AvgIpc) is 1.91. The number of nitrogens with zero attached hydrogens (tertiary/aromatic N) is 1. The molecule has 3 nitrogen and oxygen atoms in total. The van der Waals surface area contributed by atoms with Gasteiger partial charge in [-0.2, -0.15) is 0 Å². The van der Waals surface area contributed by atoms with Crippen LogP contribution in [0.2, 0.25) is 0 Å². The highest BCUT2D eigenvalue weighted by Gasteiger charge is 2.03. The molecule has 0 aromatic carbocycles. The molecule has 0 aliphatic carbocycles. The van der Waals surface area contributed by atoms with Crippen molar-refractivity contribution in [3.05, 3.63) is 27.6 Å². The summed E-state index contributed by atoms with van der Waals surface area (Å²) in [7, 11) is -2.93. The monoisotopic (exact) mass is 297 g/mol. The molecule has 0 aliphatic rings. The summed E-state index contributed by atoms with van der Waals surface area (Å²) in [5, 5.41) is 0. The van der Waals surface area contributed by atoms with Crippen molar-refractivity contribution in [1.29, 1.82) is 0 Å². The van der Waals surface area contributed by atoms with E-state index in [1.807, 2.05) is 0 Å². The van der Waals surface area contributed by atoms with Gasteiger partial charge in [0, 0.05) is 12.5 Å². The summed E-state index contributed by atoms with van der Waals surface area (Å²) in [6.07, 6.45) is 2.80. The van der Waals surface area contributed by atoms with E-state index < -0.39 is 9.84 Å². The van der Waals surface area contributed by atoms with Gasteiger partial charge in [0.05, 0.1) is 5.75 Å². The molecule has 1 aromatic rings. The Hall–Kier alpha value is -0.170. The van der Waals surface area contributed by atoms with E-state index in [1.165, 1.54) is 6.26 Å². The van der Waals surface area contributed by atoms with Crippen LogP contribution in [0.4, 0.5) is 0 Å². The molecule has 0 bridgehead atoms. The maximum Gasteiger partial charge on any atom is 0.151 e. The number of sulfone groups is 1. The van der Waals surface area contributed by atoms with Gasteiger partial charge in [0.1, 0.15) is 3.70 Å². The maximum atomic E-state index is 10.9. The van der Waals surface area contributed by atoms with Crippen molar-refractivity contribution >= 4 is 32.4 Å². The van der Waals surface area contributed by atoms with E-state index in [0.717, 1.165) is 9.26 Å². The molecule has 12 heavy (non-hydrogen) atoms. The van der Waals surface area contributed by atoms with E-state index in [1.54, 1.807) is 18.3 Å². The molecule has 0 aliphatic heterocycles. The Morgan fingerprint density at radius 2 is 2.17 bits per heavy atom. The second-order valence-electron chi connectivity index (χ2n) is 2.56. The highest BCUT2D eigenvalue weighted by atomic mass is 127. The van der Waals surface area contributed by atoms with Crippen LogP contribution in [0.25, 0.3) is 0 Å². The molecule has 66 valence electrons. The van der Waals surface area contributed by atoms with Crippen LogP contribution >= 0.6 is 22.6 Å². The molecule has 1 aromatic heterocycles. The van der Waals surface area contributed by atoms with E-state index in [9.17, 15) is 8.42 Å². The standard InChI is InChI=1S/C7H8INO2S/c1-12(10,11)5-6-2-3-7(8)9-4-6/h2-4H,5H2,1H3. The summed E-state index contributed by atoms with van der Waals surface area (Å²) in [5.74, 6) is 0.0664. The van der Waals surface area contributed by atoms with E-state index in [0.29, 0.717) is 0 Å². The quantitative estimate of drug-likeness (QED) is 0.609. The van der Waals surface area contributed by atoms with Crippen molar-refractivity contribution in [2.75, 3.05) is 6.26 Å². The predicted octanol–water partition coefficient (Wildman–Crippen LogP) is 1.23. The van der Waals surface area contributed by atoms with Crippen molar-refractivity contribution < 1.29 is 8.42 Å². The molecule has 0 fully saturated rings. The summed E-state index contributed by atoms with van der Waals surface area (Å²) in [4.78, 5) is 3.99. The fraction of sp³-hybridized carbons (Fsp3) is 0.286. The Morgan fingerprint density at radius 1 is 1.50 bits per heavy atom. The highest BCUT2D eigenvalue weighted by molar-refractivity contribution is 14.1. The first kappa shape index (κ1) is 9.91. The predicted molar refractivity (Wildman–Crippen MR) is 55.5 cm³/mol. The first-order valence-electron chi connectivity index (χ1n) is 3.25. The third kappa shape index (κ3) is 3.48. The molecule has 5 heteroatoms. The number of aromatic nitrogens is 1. The molecule has 0 unspecified atom stereocenters. The fourth-order valence-electron chi connectivity index (χ4n) is 0.795. The van der Waals surface area contributed by atoms with Crippen molar-refractivity contribution in [2.24, 2.45) is 0 Å². The zero-order valence-corrected chi connectivity index (χ0v) is 9.46. The van der Waals surface area contributed by atoms with Crippen molar-refractivity contribution in [1.82, 2.24) is 4.98 Å². The summed E-state index contributed by atoms with van der Waals surface area (Å²) in [6.45, 7) is 0. The van der Waals surface area contributed by atoms with Gasteiger partial charge in [0.2, 0.25) is 0 Å². The lowest BCUT2D eigenvalue weighted by atomic mass is 10.3. The van der Waals surface area contributed by atoms with Gasteiger partial charge >= 0.3 is 0 Å². The first-order valence-corrected chi connectivity index (χ1v) is 6.39. The Kier molecular flexibility index (Phi) is 3.05. The lowest BCUT2D eigenvalue weighted by molar-refractivity contribution is 0.601. The Labute approximate surface area is 85.3 Å². The minimum atomic E-state index is -2.93. The first-order chi connectivity index (χ1) is 5.47. The molecule has 0 amide bonds. The minimum absolute atomic E-state index is 0.0664. The Bertz CT molecular complexity index is 357. The van der Waals surface area contributed by atoms with Crippen molar-refractivity contribution in [3.63, 3.8) is 0 Å². The number of hydrogen-bond acceptors (Lipinski definition) is 3. The molecular formula is C7H8INO2S. The van der Waals surface area contributed by atoms with Gasteiger partial charge in [-0.3, -0.25) is 4.98 Å². The van der Waals surface area contributed by atoms with Crippen LogP contribution in [0.15, 0.2) is 18.3 Å². The molecule has 1 heterocycles. The van der Waals surface area contributed by atoms with E-state index >= 15 is 0 Å². The molecule has 0 saturated heterocycles. The molecule has 0 N–H and O–H groups in total. The number of rotatable bonds is 2. The molecular weight excluding hydrogens is 289 g/mol. The lowest BCUT2D eigenvalue weighted by Gasteiger charge is -1.97. The normalized spacial score (nSPS) is 11.5. The van der Waals surface area contributed by atoms with Crippen LogP contribution in [-0.2, 0) is 15.6 Å². The Balaban J connectivity index is 2.85. The smallest absolute Gasteiger partial charge is 0.151 e. The van der Waals surface area contributed by atoms with E-state index in [4.69, 9.17) is 0 Å². The summed E-state index contributed by atoms with van der Waals surface area (Å²) in [6, 6.07) is 3.57. The summed E-state index contributed by atoms with van der Waals surface area (Å²) in [5.41, 5.74) is 0.734. The average molecular weight is 297 g/mol. The van der Waals surface area contributed by atoms with Gasteiger partial charge < -0.3 is 0 Å².